The first-order valence-corrected chi connectivity index (χ1v) is 7.32. The maximum absolute atomic E-state index is 13.1. The van der Waals surface area contributed by atoms with Crippen LogP contribution in [-0.4, -0.2) is 12.5 Å². The first-order chi connectivity index (χ1) is 10.4. The topological polar surface area (TPSA) is 41.1 Å². The highest BCUT2D eigenvalue weighted by atomic mass is 35.5. The number of amides is 1. The highest BCUT2D eigenvalue weighted by Crippen LogP contribution is 2.28. The molecule has 0 atom stereocenters. The monoisotopic (exact) mass is 320 g/mol. The van der Waals surface area contributed by atoms with E-state index in [-0.39, 0.29) is 18.3 Å². The minimum Gasteiger partial charge on any atom is -0.325 e. The number of para-hydroxylation sites is 1. The standard InChI is InChI=1S/C17H18ClFN2O/c1-17(2,14-9-8-12(19)10-15(14)18)20-11-16(22)21-13-6-4-3-5-7-13/h3-10,20H,11H2,1-2H3,(H,21,22). The molecular formula is C17H18ClFN2O. The molecule has 0 aliphatic heterocycles. The quantitative estimate of drug-likeness (QED) is 0.876. The molecule has 2 aromatic carbocycles. The lowest BCUT2D eigenvalue weighted by molar-refractivity contribution is -0.115. The van der Waals surface area contributed by atoms with E-state index >= 15 is 0 Å². The predicted molar refractivity (Wildman–Crippen MR) is 87.5 cm³/mol. The van der Waals surface area contributed by atoms with Crippen LogP contribution < -0.4 is 10.6 Å². The summed E-state index contributed by atoms with van der Waals surface area (Å²) in [6, 6.07) is 13.5. The normalized spacial score (nSPS) is 11.3. The van der Waals surface area contributed by atoms with Crippen LogP contribution in [-0.2, 0) is 10.3 Å². The van der Waals surface area contributed by atoms with Crippen molar-refractivity contribution in [3.05, 3.63) is 64.9 Å². The Morgan fingerprint density at radius 2 is 1.86 bits per heavy atom. The van der Waals surface area contributed by atoms with Gasteiger partial charge in [0.2, 0.25) is 5.91 Å². The van der Waals surface area contributed by atoms with Crippen molar-refractivity contribution in [2.45, 2.75) is 19.4 Å². The van der Waals surface area contributed by atoms with Gasteiger partial charge in [0, 0.05) is 16.2 Å². The number of nitrogens with one attached hydrogen (secondary N) is 2. The zero-order valence-electron chi connectivity index (χ0n) is 12.5. The average Bonchev–Trinajstić information content (AvgIpc) is 2.46. The van der Waals surface area contributed by atoms with E-state index in [2.05, 4.69) is 10.6 Å². The Labute approximate surface area is 134 Å². The van der Waals surface area contributed by atoms with E-state index in [9.17, 15) is 9.18 Å². The van der Waals surface area contributed by atoms with Gasteiger partial charge in [-0.1, -0.05) is 35.9 Å². The highest BCUT2D eigenvalue weighted by Gasteiger charge is 2.23. The zero-order chi connectivity index (χ0) is 16.2. The molecule has 22 heavy (non-hydrogen) atoms. The molecule has 5 heteroatoms. The van der Waals surface area contributed by atoms with Crippen LogP contribution in [0.25, 0.3) is 0 Å². The van der Waals surface area contributed by atoms with Crippen molar-refractivity contribution in [2.24, 2.45) is 0 Å². The molecule has 2 aromatic rings. The molecule has 1 amide bonds. The third-order valence-corrected chi connectivity index (χ3v) is 3.67. The van der Waals surface area contributed by atoms with Crippen molar-refractivity contribution in [3.63, 3.8) is 0 Å². The Hall–Kier alpha value is -1.91. The summed E-state index contributed by atoms with van der Waals surface area (Å²) in [7, 11) is 0. The summed E-state index contributed by atoms with van der Waals surface area (Å²) in [5, 5.41) is 6.27. The molecule has 0 unspecified atom stereocenters. The molecule has 0 heterocycles. The van der Waals surface area contributed by atoms with Crippen molar-refractivity contribution in [2.75, 3.05) is 11.9 Å². The van der Waals surface area contributed by atoms with Crippen LogP contribution in [0.5, 0.6) is 0 Å². The van der Waals surface area contributed by atoms with E-state index in [1.54, 1.807) is 6.07 Å². The van der Waals surface area contributed by atoms with E-state index in [1.165, 1.54) is 12.1 Å². The van der Waals surface area contributed by atoms with Crippen molar-refractivity contribution in [1.29, 1.82) is 0 Å². The van der Waals surface area contributed by atoms with Gasteiger partial charge in [-0.3, -0.25) is 10.1 Å². The van der Waals surface area contributed by atoms with Gasteiger partial charge in [0.1, 0.15) is 5.82 Å². The molecule has 0 aliphatic rings. The van der Waals surface area contributed by atoms with Gasteiger partial charge in [0.15, 0.2) is 0 Å². The van der Waals surface area contributed by atoms with Crippen LogP contribution >= 0.6 is 11.6 Å². The van der Waals surface area contributed by atoms with Gasteiger partial charge in [-0.2, -0.15) is 0 Å². The van der Waals surface area contributed by atoms with Gasteiger partial charge >= 0.3 is 0 Å². The van der Waals surface area contributed by atoms with Crippen LogP contribution in [0.15, 0.2) is 48.5 Å². The van der Waals surface area contributed by atoms with Crippen LogP contribution in [0.1, 0.15) is 19.4 Å². The molecule has 0 saturated heterocycles. The minimum atomic E-state index is -0.557. The van der Waals surface area contributed by atoms with Crippen molar-refractivity contribution in [3.8, 4) is 0 Å². The largest absolute Gasteiger partial charge is 0.325 e. The number of carbonyl (C=O) groups is 1. The molecule has 2 N–H and O–H groups in total. The lowest BCUT2D eigenvalue weighted by atomic mass is 9.94. The summed E-state index contributed by atoms with van der Waals surface area (Å²) in [5.74, 6) is -0.538. The van der Waals surface area contributed by atoms with Crippen LogP contribution in [0.3, 0.4) is 0 Å². The van der Waals surface area contributed by atoms with Gasteiger partial charge in [-0.15, -0.1) is 0 Å². The molecular weight excluding hydrogens is 303 g/mol. The second-order valence-electron chi connectivity index (χ2n) is 5.52. The molecule has 116 valence electrons. The van der Waals surface area contributed by atoms with E-state index in [0.717, 1.165) is 11.3 Å². The van der Waals surface area contributed by atoms with Crippen molar-refractivity contribution < 1.29 is 9.18 Å². The van der Waals surface area contributed by atoms with E-state index in [4.69, 9.17) is 11.6 Å². The number of rotatable bonds is 5. The number of hydrogen-bond donors (Lipinski definition) is 2. The summed E-state index contributed by atoms with van der Waals surface area (Å²) in [6.07, 6.45) is 0. The van der Waals surface area contributed by atoms with Gasteiger partial charge in [0.25, 0.3) is 0 Å². The van der Waals surface area contributed by atoms with Gasteiger partial charge < -0.3 is 5.32 Å². The van der Waals surface area contributed by atoms with E-state index in [0.29, 0.717) is 5.02 Å². The molecule has 0 fully saturated rings. The Kier molecular flexibility index (Phi) is 5.16. The Balaban J connectivity index is 1.98. The van der Waals surface area contributed by atoms with E-state index < -0.39 is 5.54 Å². The Morgan fingerprint density at radius 3 is 2.50 bits per heavy atom. The van der Waals surface area contributed by atoms with Crippen molar-refractivity contribution >= 4 is 23.2 Å². The summed E-state index contributed by atoms with van der Waals surface area (Å²) < 4.78 is 13.1. The average molecular weight is 321 g/mol. The van der Waals surface area contributed by atoms with Gasteiger partial charge in [0.05, 0.1) is 6.54 Å². The third-order valence-electron chi connectivity index (χ3n) is 3.35. The molecule has 0 aromatic heterocycles. The highest BCUT2D eigenvalue weighted by molar-refractivity contribution is 6.31. The molecule has 0 bridgehead atoms. The SMILES string of the molecule is CC(C)(NCC(=O)Nc1ccccc1)c1ccc(F)cc1Cl. The fraction of sp³-hybridized carbons (Fsp3) is 0.235. The number of carbonyl (C=O) groups excluding carboxylic acids is 1. The second-order valence-corrected chi connectivity index (χ2v) is 5.92. The maximum atomic E-state index is 13.1. The van der Waals surface area contributed by atoms with Gasteiger partial charge in [-0.25, -0.2) is 4.39 Å². The molecule has 0 saturated carbocycles. The maximum Gasteiger partial charge on any atom is 0.238 e. The lowest BCUT2D eigenvalue weighted by Crippen LogP contribution is -2.41. The zero-order valence-corrected chi connectivity index (χ0v) is 13.2. The summed E-state index contributed by atoms with van der Waals surface area (Å²) in [5.41, 5.74) is 0.925. The van der Waals surface area contributed by atoms with Crippen LogP contribution in [0.2, 0.25) is 5.02 Å². The summed E-state index contributed by atoms with van der Waals surface area (Å²) in [6.45, 7) is 3.90. The Bertz CT molecular complexity index is 659. The summed E-state index contributed by atoms with van der Waals surface area (Å²) >= 11 is 6.08. The molecule has 0 aliphatic carbocycles. The molecule has 0 radical (unpaired) electrons. The number of halogens is 2. The number of hydrogen-bond acceptors (Lipinski definition) is 2. The smallest absolute Gasteiger partial charge is 0.238 e. The molecule has 0 spiro atoms. The first kappa shape index (κ1) is 16.5. The third kappa shape index (κ3) is 4.29. The molecule has 2 rings (SSSR count). The number of benzene rings is 2. The second kappa shape index (κ2) is 6.90. The van der Waals surface area contributed by atoms with E-state index in [1.807, 2.05) is 44.2 Å². The number of anilines is 1. The van der Waals surface area contributed by atoms with Crippen LogP contribution in [0, 0.1) is 5.82 Å². The fourth-order valence-corrected chi connectivity index (χ4v) is 2.52. The van der Waals surface area contributed by atoms with Crippen LogP contribution in [0.4, 0.5) is 10.1 Å². The predicted octanol–water partition coefficient (Wildman–Crippen LogP) is 3.94. The molecule has 3 nitrogen and oxygen atoms in total. The summed E-state index contributed by atoms with van der Waals surface area (Å²) in [4.78, 5) is 12.0. The Morgan fingerprint density at radius 1 is 1.18 bits per heavy atom. The fourth-order valence-electron chi connectivity index (χ4n) is 2.12. The van der Waals surface area contributed by atoms with Gasteiger partial charge in [-0.05, 0) is 43.7 Å². The van der Waals surface area contributed by atoms with Crippen molar-refractivity contribution in [1.82, 2.24) is 5.32 Å². The lowest BCUT2D eigenvalue weighted by Gasteiger charge is -2.27. The first-order valence-electron chi connectivity index (χ1n) is 6.94. The minimum absolute atomic E-state index is 0.121.